The molecule has 1 N–H and O–H groups in total. The van der Waals surface area contributed by atoms with Crippen molar-refractivity contribution in [3.05, 3.63) is 53.9 Å². The van der Waals surface area contributed by atoms with Crippen LogP contribution in [0.2, 0.25) is 0 Å². The molecule has 1 aromatic heterocycles. The number of benzene rings is 1. The van der Waals surface area contributed by atoms with Crippen LogP contribution in [-0.2, 0) is 6.42 Å². The Bertz CT molecular complexity index is 839. The second-order valence-electron chi connectivity index (χ2n) is 8.61. The highest BCUT2D eigenvalue weighted by Gasteiger charge is 2.48. The van der Waals surface area contributed by atoms with Gasteiger partial charge in [-0.05, 0) is 61.8 Å². The van der Waals surface area contributed by atoms with Crippen molar-refractivity contribution in [2.24, 2.45) is 11.8 Å². The quantitative estimate of drug-likeness (QED) is 0.888. The first-order chi connectivity index (χ1) is 13.7. The van der Waals surface area contributed by atoms with Crippen molar-refractivity contribution in [2.45, 2.75) is 44.2 Å². The maximum atomic E-state index is 13.8. The number of amides is 1. The summed E-state index contributed by atoms with van der Waals surface area (Å²) in [5.41, 5.74) is 1.06. The predicted molar refractivity (Wildman–Crippen MR) is 104 cm³/mol. The Labute approximate surface area is 164 Å². The number of imidazole rings is 1. The lowest BCUT2D eigenvalue weighted by Crippen LogP contribution is -2.64. The number of hydrogen-bond donors (Lipinski definition) is 1. The Kier molecular flexibility index (Phi) is 4.67. The lowest BCUT2D eigenvalue weighted by atomic mass is 9.71. The Morgan fingerprint density at radius 1 is 1.25 bits per heavy atom. The fourth-order valence-electron chi connectivity index (χ4n) is 5.79. The predicted octanol–water partition coefficient (Wildman–Crippen LogP) is 3.11. The molecule has 3 fully saturated rings. The Morgan fingerprint density at radius 3 is 2.96 bits per heavy atom. The molecule has 0 spiro atoms. The Balaban J connectivity index is 1.42. The zero-order chi connectivity index (χ0) is 19.1. The summed E-state index contributed by atoms with van der Waals surface area (Å²) in [6, 6.07) is 7.92. The van der Waals surface area contributed by atoms with Gasteiger partial charge in [-0.15, -0.1) is 0 Å². The van der Waals surface area contributed by atoms with E-state index in [-0.39, 0.29) is 11.7 Å². The van der Waals surface area contributed by atoms with Gasteiger partial charge in [0.25, 0.3) is 5.91 Å². The average molecular weight is 382 g/mol. The van der Waals surface area contributed by atoms with Crippen molar-refractivity contribution < 1.29 is 9.18 Å². The minimum Gasteiger partial charge on any atom is -0.341 e. The van der Waals surface area contributed by atoms with Crippen LogP contribution in [0.15, 0.2) is 36.7 Å². The third-order valence-corrected chi connectivity index (χ3v) is 6.94. The summed E-state index contributed by atoms with van der Waals surface area (Å²) in [5, 5.41) is 0. The smallest absolute Gasteiger partial charge is 0.289 e. The minimum atomic E-state index is -0.167. The molecule has 5 rings (SSSR count). The topological polar surface area (TPSA) is 52.2 Å². The number of H-pyrrole nitrogens is 1. The van der Waals surface area contributed by atoms with Gasteiger partial charge in [0.05, 0.1) is 0 Å². The molecule has 5 nitrogen and oxygen atoms in total. The van der Waals surface area contributed by atoms with E-state index < -0.39 is 0 Å². The maximum Gasteiger partial charge on any atom is 0.289 e. The molecule has 6 heteroatoms. The van der Waals surface area contributed by atoms with Gasteiger partial charge in [0.1, 0.15) is 5.82 Å². The molecule has 1 amide bonds. The van der Waals surface area contributed by atoms with Gasteiger partial charge in [0.15, 0.2) is 5.82 Å². The second-order valence-corrected chi connectivity index (χ2v) is 8.61. The molecule has 4 atom stereocenters. The molecular weight excluding hydrogens is 355 g/mol. The van der Waals surface area contributed by atoms with Gasteiger partial charge < -0.3 is 9.88 Å². The molecule has 0 aliphatic carbocycles. The first kappa shape index (κ1) is 17.9. The molecule has 2 bridgehead atoms. The van der Waals surface area contributed by atoms with Crippen molar-refractivity contribution in [3.63, 3.8) is 0 Å². The van der Waals surface area contributed by atoms with E-state index in [1.165, 1.54) is 31.7 Å². The summed E-state index contributed by atoms with van der Waals surface area (Å²) < 4.78 is 13.8. The summed E-state index contributed by atoms with van der Waals surface area (Å²) >= 11 is 0. The molecule has 0 unspecified atom stereocenters. The number of carbonyl (C=O) groups is 1. The Morgan fingerprint density at radius 2 is 2.14 bits per heavy atom. The summed E-state index contributed by atoms with van der Waals surface area (Å²) in [4.78, 5) is 24.8. The van der Waals surface area contributed by atoms with Crippen LogP contribution in [-0.4, -0.2) is 57.4 Å². The molecule has 3 saturated heterocycles. The molecule has 0 saturated carbocycles. The van der Waals surface area contributed by atoms with E-state index in [9.17, 15) is 9.18 Å². The number of fused-ring (bicyclic) bond motifs is 4. The highest BCUT2D eigenvalue weighted by atomic mass is 19.1. The SMILES string of the molecule is O=C(c1ncc[nH]1)N1C[C@H]2C[C@@H](C1)[C@H](Cc1cccc(F)c1)N1CCCC[C@@H]21. The minimum absolute atomic E-state index is 0.00784. The fourth-order valence-corrected chi connectivity index (χ4v) is 5.79. The third-order valence-electron chi connectivity index (χ3n) is 6.94. The molecule has 4 heterocycles. The van der Waals surface area contributed by atoms with Gasteiger partial charge in [-0.3, -0.25) is 9.69 Å². The highest BCUT2D eigenvalue weighted by molar-refractivity contribution is 5.90. The zero-order valence-electron chi connectivity index (χ0n) is 16.1. The molecular formula is C22H27FN4O. The number of rotatable bonds is 3. The number of nitrogens with zero attached hydrogens (tertiary/aromatic N) is 3. The van der Waals surface area contributed by atoms with Crippen LogP contribution in [0.25, 0.3) is 0 Å². The molecule has 148 valence electrons. The van der Waals surface area contributed by atoms with Crippen LogP contribution in [0.4, 0.5) is 4.39 Å². The largest absolute Gasteiger partial charge is 0.341 e. The van der Waals surface area contributed by atoms with E-state index in [1.807, 2.05) is 11.0 Å². The zero-order valence-corrected chi connectivity index (χ0v) is 16.1. The summed E-state index contributed by atoms with van der Waals surface area (Å²) in [6.45, 7) is 2.72. The van der Waals surface area contributed by atoms with Gasteiger partial charge in [-0.1, -0.05) is 18.6 Å². The van der Waals surface area contributed by atoms with E-state index in [1.54, 1.807) is 24.5 Å². The van der Waals surface area contributed by atoms with Gasteiger partial charge in [0.2, 0.25) is 0 Å². The highest BCUT2D eigenvalue weighted by Crippen LogP contribution is 2.42. The van der Waals surface area contributed by atoms with Crippen molar-refractivity contribution in [3.8, 4) is 0 Å². The Hall–Kier alpha value is -2.21. The van der Waals surface area contributed by atoms with Crippen molar-refractivity contribution in [2.75, 3.05) is 19.6 Å². The standard InChI is InChI=1S/C22H27FN4O/c23-18-5-3-4-15(10-18)11-20-17-12-16(19-6-1-2-9-27(19)20)13-26(14-17)22(28)21-24-7-8-25-21/h3-5,7-8,10,16-17,19-20H,1-2,6,9,11-14H2,(H,24,25)/t16-,17+,19+,20+/m1/s1. The molecule has 3 aliphatic heterocycles. The van der Waals surface area contributed by atoms with Gasteiger partial charge in [-0.25, -0.2) is 9.37 Å². The fraction of sp³-hybridized carbons (Fsp3) is 0.545. The van der Waals surface area contributed by atoms with Crippen LogP contribution in [0, 0.1) is 17.7 Å². The van der Waals surface area contributed by atoms with E-state index in [0.29, 0.717) is 29.7 Å². The first-order valence-corrected chi connectivity index (χ1v) is 10.5. The van der Waals surface area contributed by atoms with Crippen LogP contribution in [0.1, 0.15) is 41.9 Å². The number of aromatic nitrogens is 2. The van der Waals surface area contributed by atoms with E-state index in [2.05, 4.69) is 14.9 Å². The number of piperidine rings is 3. The average Bonchev–Trinajstić information content (AvgIpc) is 3.25. The third kappa shape index (κ3) is 3.24. The number of carbonyl (C=O) groups excluding carboxylic acids is 1. The van der Waals surface area contributed by atoms with Gasteiger partial charge in [0, 0.05) is 37.6 Å². The number of likely N-dealkylation sites (tertiary alicyclic amines) is 1. The number of nitrogens with one attached hydrogen (secondary N) is 1. The van der Waals surface area contributed by atoms with Crippen LogP contribution >= 0.6 is 0 Å². The molecule has 28 heavy (non-hydrogen) atoms. The summed E-state index contributed by atoms with van der Waals surface area (Å²) in [6.07, 6.45) is 9.07. The van der Waals surface area contributed by atoms with Crippen molar-refractivity contribution >= 4 is 5.91 Å². The second kappa shape index (κ2) is 7.32. The molecule has 0 radical (unpaired) electrons. The molecule has 2 aromatic rings. The van der Waals surface area contributed by atoms with E-state index >= 15 is 0 Å². The van der Waals surface area contributed by atoms with Gasteiger partial charge >= 0.3 is 0 Å². The van der Waals surface area contributed by atoms with Crippen LogP contribution in [0.3, 0.4) is 0 Å². The summed E-state index contributed by atoms with van der Waals surface area (Å²) in [5.74, 6) is 1.23. The number of hydrogen-bond acceptors (Lipinski definition) is 3. The lowest BCUT2D eigenvalue weighted by Gasteiger charge is -2.56. The summed E-state index contributed by atoms with van der Waals surface area (Å²) in [7, 11) is 0. The van der Waals surface area contributed by atoms with Gasteiger partial charge in [-0.2, -0.15) is 0 Å². The van der Waals surface area contributed by atoms with Crippen LogP contribution in [0.5, 0.6) is 0 Å². The normalized spacial score (nSPS) is 30.1. The van der Waals surface area contributed by atoms with Crippen molar-refractivity contribution in [1.82, 2.24) is 19.8 Å². The monoisotopic (exact) mass is 382 g/mol. The van der Waals surface area contributed by atoms with E-state index in [0.717, 1.165) is 31.6 Å². The maximum absolute atomic E-state index is 13.8. The first-order valence-electron chi connectivity index (χ1n) is 10.5. The van der Waals surface area contributed by atoms with E-state index in [4.69, 9.17) is 0 Å². The van der Waals surface area contributed by atoms with Crippen molar-refractivity contribution in [1.29, 1.82) is 0 Å². The number of aromatic amines is 1. The molecule has 3 aliphatic rings. The number of halogens is 1. The van der Waals surface area contributed by atoms with Crippen LogP contribution < -0.4 is 0 Å². The molecule has 1 aromatic carbocycles. The lowest BCUT2D eigenvalue weighted by molar-refractivity contribution is -0.0644.